The summed E-state index contributed by atoms with van der Waals surface area (Å²) in [4.78, 5) is 7.78. The lowest BCUT2D eigenvalue weighted by Gasteiger charge is -2.08. The lowest BCUT2D eigenvalue weighted by atomic mass is 10.0. The highest BCUT2D eigenvalue weighted by Crippen LogP contribution is 2.32. The van der Waals surface area contributed by atoms with Gasteiger partial charge in [0.25, 0.3) is 0 Å². The first kappa shape index (κ1) is 14.5. The molecule has 2 aromatic carbocycles. The minimum absolute atomic E-state index is 0.235. The molecule has 0 amide bonds. The van der Waals surface area contributed by atoms with E-state index in [1.165, 1.54) is 12.1 Å². The van der Waals surface area contributed by atoms with E-state index >= 15 is 0 Å². The minimum atomic E-state index is -0.235. The molecule has 0 saturated heterocycles. The van der Waals surface area contributed by atoms with Gasteiger partial charge in [-0.15, -0.1) is 0 Å². The van der Waals surface area contributed by atoms with E-state index in [9.17, 15) is 4.39 Å². The van der Waals surface area contributed by atoms with E-state index < -0.39 is 0 Å². The number of rotatable bonds is 4. The van der Waals surface area contributed by atoms with Crippen LogP contribution in [-0.4, -0.2) is 9.97 Å². The molecule has 0 atom stereocenters. The summed E-state index contributed by atoms with van der Waals surface area (Å²) in [6, 6.07) is 20.6. The highest BCUT2D eigenvalue weighted by atomic mass is 19.1. The standard InChI is InChI=1S/C20H16FN3/c21-15-10-8-14(9-11-15)19-17-7-4-12-22-20(17)24-18(19)13-23-16-5-2-1-3-6-16/h1-12,23H,13H2,(H,22,24). The molecule has 2 heterocycles. The van der Waals surface area contributed by atoms with Crippen molar-refractivity contribution in [2.45, 2.75) is 6.54 Å². The summed E-state index contributed by atoms with van der Waals surface area (Å²) in [7, 11) is 0. The van der Waals surface area contributed by atoms with Crippen molar-refractivity contribution in [1.29, 1.82) is 0 Å². The molecule has 2 aromatic heterocycles. The quantitative estimate of drug-likeness (QED) is 0.557. The lowest BCUT2D eigenvalue weighted by molar-refractivity contribution is 0.628. The van der Waals surface area contributed by atoms with E-state index in [1.54, 1.807) is 18.3 Å². The van der Waals surface area contributed by atoms with Crippen molar-refractivity contribution in [3.8, 4) is 11.1 Å². The number of aromatic nitrogens is 2. The maximum Gasteiger partial charge on any atom is 0.138 e. The Balaban J connectivity index is 1.76. The SMILES string of the molecule is Fc1ccc(-c2c(CNc3ccccc3)[nH]c3ncccc23)cc1. The minimum Gasteiger partial charge on any atom is -0.379 e. The Morgan fingerprint density at radius 3 is 2.50 bits per heavy atom. The van der Waals surface area contributed by atoms with Crippen LogP contribution in [-0.2, 0) is 6.54 Å². The van der Waals surface area contributed by atoms with Crippen LogP contribution in [0, 0.1) is 5.82 Å². The molecule has 0 unspecified atom stereocenters. The molecule has 3 nitrogen and oxygen atoms in total. The predicted octanol–water partition coefficient (Wildman–Crippen LogP) is 4.98. The van der Waals surface area contributed by atoms with Crippen LogP contribution in [0.15, 0.2) is 72.9 Å². The number of aromatic amines is 1. The van der Waals surface area contributed by atoms with Crippen LogP contribution in [0.2, 0.25) is 0 Å². The molecule has 0 saturated carbocycles. The number of hydrogen-bond acceptors (Lipinski definition) is 2. The molecule has 0 aliphatic heterocycles. The Morgan fingerprint density at radius 1 is 0.917 bits per heavy atom. The second-order valence-corrected chi connectivity index (χ2v) is 5.60. The molecule has 0 bridgehead atoms. The summed E-state index contributed by atoms with van der Waals surface area (Å²) >= 11 is 0. The van der Waals surface area contributed by atoms with E-state index in [0.29, 0.717) is 6.54 Å². The summed E-state index contributed by atoms with van der Waals surface area (Å²) in [6.45, 7) is 0.632. The van der Waals surface area contributed by atoms with Gasteiger partial charge in [-0.05, 0) is 42.0 Å². The largest absolute Gasteiger partial charge is 0.379 e. The van der Waals surface area contributed by atoms with E-state index in [-0.39, 0.29) is 5.82 Å². The molecule has 4 aromatic rings. The van der Waals surface area contributed by atoms with Gasteiger partial charge in [-0.2, -0.15) is 0 Å². The molecule has 4 rings (SSSR count). The van der Waals surface area contributed by atoms with Crippen molar-refractivity contribution in [1.82, 2.24) is 9.97 Å². The molecule has 0 spiro atoms. The topological polar surface area (TPSA) is 40.7 Å². The third-order valence-corrected chi connectivity index (χ3v) is 4.02. The van der Waals surface area contributed by atoms with Crippen molar-refractivity contribution in [2.24, 2.45) is 0 Å². The van der Waals surface area contributed by atoms with Gasteiger partial charge in [0, 0.05) is 28.5 Å². The molecule has 0 aliphatic carbocycles. The molecular formula is C20H16FN3. The van der Waals surface area contributed by atoms with E-state index in [4.69, 9.17) is 0 Å². The van der Waals surface area contributed by atoms with Crippen LogP contribution in [0.5, 0.6) is 0 Å². The maximum atomic E-state index is 13.3. The fraction of sp³-hybridized carbons (Fsp3) is 0.0500. The lowest BCUT2D eigenvalue weighted by Crippen LogP contribution is -2.01. The molecule has 24 heavy (non-hydrogen) atoms. The van der Waals surface area contributed by atoms with Gasteiger partial charge in [0.15, 0.2) is 0 Å². The number of benzene rings is 2. The van der Waals surface area contributed by atoms with Crippen molar-refractivity contribution < 1.29 is 4.39 Å². The van der Waals surface area contributed by atoms with Gasteiger partial charge >= 0.3 is 0 Å². The van der Waals surface area contributed by atoms with Crippen molar-refractivity contribution >= 4 is 16.7 Å². The van der Waals surface area contributed by atoms with E-state index in [0.717, 1.165) is 33.5 Å². The van der Waals surface area contributed by atoms with Crippen LogP contribution in [0.1, 0.15) is 5.69 Å². The molecule has 2 N–H and O–H groups in total. The van der Waals surface area contributed by atoms with E-state index in [2.05, 4.69) is 15.3 Å². The number of anilines is 1. The summed E-state index contributed by atoms with van der Waals surface area (Å²) in [5.74, 6) is -0.235. The van der Waals surface area contributed by atoms with Gasteiger partial charge in [-0.1, -0.05) is 30.3 Å². The molecule has 4 heteroatoms. The molecule has 0 radical (unpaired) electrons. The first-order chi connectivity index (χ1) is 11.8. The summed E-state index contributed by atoms with van der Waals surface area (Å²) in [6.07, 6.45) is 1.77. The first-order valence-corrected chi connectivity index (χ1v) is 7.82. The zero-order valence-corrected chi connectivity index (χ0v) is 13.0. The van der Waals surface area contributed by atoms with Gasteiger partial charge in [0.1, 0.15) is 11.5 Å². The van der Waals surface area contributed by atoms with E-state index in [1.807, 2.05) is 42.5 Å². The Morgan fingerprint density at radius 2 is 1.71 bits per heavy atom. The first-order valence-electron chi connectivity index (χ1n) is 7.82. The fourth-order valence-electron chi connectivity index (χ4n) is 2.90. The number of para-hydroxylation sites is 1. The number of pyridine rings is 1. The van der Waals surface area contributed by atoms with Gasteiger partial charge in [-0.25, -0.2) is 9.37 Å². The normalized spacial score (nSPS) is 10.9. The van der Waals surface area contributed by atoms with Gasteiger partial charge < -0.3 is 10.3 Å². The average Bonchev–Trinajstić information content (AvgIpc) is 3.00. The number of fused-ring (bicyclic) bond motifs is 1. The summed E-state index contributed by atoms with van der Waals surface area (Å²) in [5.41, 5.74) is 4.94. The van der Waals surface area contributed by atoms with Crippen LogP contribution >= 0.6 is 0 Å². The van der Waals surface area contributed by atoms with Crippen molar-refractivity contribution in [3.05, 3.63) is 84.4 Å². The third-order valence-electron chi connectivity index (χ3n) is 4.02. The molecule has 0 aliphatic rings. The second kappa shape index (κ2) is 6.16. The van der Waals surface area contributed by atoms with Crippen LogP contribution in [0.3, 0.4) is 0 Å². The number of H-pyrrole nitrogens is 1. The van der Waals surface area contributed by atoms with Gasteiger partial charge in [-0.3, -0.25) is 0 Å². The monoisotopic (exact) mass is 317 g/mol. The zero-order chi connectivity index (χ0) is 16.4. The highest BCUT2D eigenvalue weighted by Gasteiger charge is 2.14. The average molecular weight is 317 g/mol. The zero-order valence-electron chi connectivity index (χ0n) is 13.0. The number of hydrogen-bond donors (Lipinski definition) is 2. The number of nitrogens with zero attached hydrogens (tertiary/aromatic N) is 1. The Hall–Kier alpha value is -3.14. The second-order valence-electron chi connectivity index (χ2n) is 5.60. The smallest absolute Gasteiger partial charge is 0.138 e. The maximum absolute atomic E-state index is 13.3. The Bertz CT molecular complexity index is 959. The predicted molar refractivity (Wildman–Crippen MR) is 95.3 cm³/mol. The molecular weight excluding hydrogens is 301 g/mol. The number of halogens is 1. The van der Waals surface area contributed by atoms with Gasteiger partial charge in [0.2, 0.25) is 0 Å². The van der Waals surface area contributed by atoms with Crippen molar-refractivity contribution in [2.75, 3.05) is 5.32 Å². The van der Waals surface area contributed by atoms with Crippen LogP contribution in [0.25, 0.3) is 22.2 Å². The fourth-order valence-corrected chi connectivity index (χ4v) is 2.90. The summed E-state index contributed by atoms with van der Waals surface area (Å²) in [5, 5.41) is 4.45. The highest BCUT2D eigenvalue weighted by molar-refractivity contribution is 5.95. The Labute approximate surface area is 139 Å². The molecule has 0 fully saturated rings. The number of nitrogens with one attached hydrogen (secondary N) is 2. The van der Waals surface area contributed by atoms with Gasteiger partial charge in [0.05, 0.1) is 6.54 Å². The Kier molecular flexibility index (Phi) is 3.71. The molecule has 118 valence electrons. The summed E-state index contributed by atoms with van der Waals surface area (Å²) < 4.78 is 13.3. The van der Waals surface area contributed by atoms with Crippen LogP contribution in [0.4, 0.5) is 10.1 Å². The van der Waals surface area contributed by atoms with Crippen LogP contribution < -0.4 is 5.32 Å². The van der Waals surface area contributed by atoms with Crippen molar-refractivity contribution in [3.63, 3.8) is 0 Å². The third kappa shape index (κ3) is 2.74.